The van der Waals surface area contributed by atoms with E-state index in [1.165, 1.54) is 6.20 Å². The number of amides is 1. The minimum absolute atomic E-state index is 0.154. The van der Waals surface area contributed by atoms with Crippen molar-refractivity contribution >= 4 is 5.91 Å². The summed E-state index contributed by atoms with van der Waals surface area (Å²) in [5.74, 6) is 11.6. The number of fused-ring (bicyclic) bond motifs is 5. The van der Waals surface area contributed by atoms with E-state index in [0.717, 1.165) is 22.3 Å². The highest BCUT2D eigenvalue weighted by Crippen LogP contribution is 2.54. The second-order valence-corrected chi connectivity index (χ2v) is 13.4. The van der Waals surface area contributed by atoms with Crippen LogP contribution in [0.1, 0.15) is 45.6 Å². The lowest BCUT2D eigenvalue weighted by Crippen LogP contribution is -2.58. The molecule has 10 atom stereocenters. The Balaban J connectivity index is 1.22. The third kappa shape index (κ3) is 6.24. The first-order valence-corrected chi connectivity index (χ1v) is 16.8. The van der Waals surface area contributed by atoms with Crippen LogP contribution in [0, 0.1) is 23.7 Å². The molecule has 1 amide bonds. The lowest BCUT2D eigenvalue weighted by molar-refractivity contribution is -0.214. The predicted octanol–water partition coefficient (Wildman–Crippen LogP) is -2.00. The van der Waals surface area contributed by atoms with Crippen molar-refractivity contribution in [1.82, 2.24) is 15.1 Å². The maximum Gasteiger partial charge on any atom is 0.271 e. The number of carbonyl (C=O) groups excluding carboxylic acids is 1. The van der Waals surface area contributed by atoms with Crippen molar-refractivity contribution in [1.29, 1.82) is 0 Å². The summed E-state index contributed by atoms with van der Waals surface area (Å²) in [7, 11) is 0. The van der Waals surface area contributed by atoms with Crippen LogP contribution in [0.3, 0.4) is 0 Å². The van der Waals surface area contributed by atoms with Gasteiger partial charge in [-0.1, -0.05) is 35.8 Å². The fourth-order valence-corrected chi connectivity index (χ4v) is 7.58. The molecule has 1 aliphatic carbocycles. The summed E-state index contributed by atoms with van der Waals surface area (Å²) < 4.78 is 11.2. The fraction of sp³-hybridized carbons (Fsp3) is 0.459. The third-order valence-corrected chi connectivity index (χ3v) is 10.5. The van der Waals surface area contributed by atoms with Gasteiger partial charge in [-0.05, 0) is 65.4 Å². The van der Waals surface area contributed by atoms with Crippen molar-refractivity contribution in [3.8, 4) is 34.8 Å². The summed E-state index contributed by atoms with van der Waals surface area (Å²) in [6, 6.07) is 13.2. The molecule has 51 heavy (non-hydrogen) atoms. The second kappa shape index (κ2) is 14.1. The largest absolute Gasteiger partial charge is 0.394 e. The molecular formula is C37H39N3O11. The van der Waals surface area contributed by atoms with Crippen LogP contribution in [-0.2, 0) is 14.9 Å². The van der Waals surface area contributed by atoms with Crippen LogP contribution in [0.2, 0.25) is 0 Å². The standard InChI is InChI=1S/C37H39N3O11/c41-17-28-32(45)34(47)30(43)26(50-28)7-3-19-1-5-21-22-6-2-20(4-8-27-31(44)35(48)33(46)29(18-42)51-27)16-24(22)37(23(21)15-19)10-13-40(14-11-37)36(49)25-9-12-38-39-25/h1-2,5-6,9,12,15-16,26-35,41-48H,10-11,13-14,17-18H2,(H,38,39)/t26-,27-,28-,29-,30-,31-,32-,33-,34-,35-/m1/s1. The summed E-state index contributed by atoms with van der Waals surface area (Å²) >= 11 is 0. The quantitative estimate of drug-likeness (QED) is 0.135. The number of aliphatic hydroxyl groups is 8. The van der Waals surface area contributed by atoms with Gasteiger partial charge in [0.15, 0.2) is 0 Å². The van der Waals surface area contributed by atoms with Crippen LogP contribution < -0.4 is 0 Å². The Bertz CT molecular complexity index is 1780. The zero-order valence-corrected chi connectivity index (χ0v) is 27.3. The maximum atomic E-state index is 13.2. The lowest BCUT2D eigenvalue weighted by atomic mass is 9.70. The first-order chi connectivity index (χ1) is 24.6. The number of aromatic amines is 1. The molecule has 0 saturated carbocycles. The van der Waals surface area contributed by atoms with E-state index in [1.54, 1.807) is 11.0 Å². The number of nitrogens with zero attached hydrogens (tertiary/aromatic N) is 2. The SMILES string of the molecule is O=C(c1ccn[nH]1)N1CCC2(CC1)c1cc(C#C[C@H]3O[C@H](CO)[C@@H](O)[C@H](O)[C@@H]3O)ccc1-c1ccc(C#C[C@H]3O[C@H](CO)[C@@H](O)[C@H](O)[C@@H]3O)cc12. The number of nitrogens with one attached hydrogen (secondary N) is 1. The number of ether oxygens (including phenoxy) is 2. The van der Waals surface area contributed by atoms with E-state index >= 15 is 0 Å². The maximum absolute atomic E-state index is 13.2. The number of carbonyl (C=O) groups is 1. The molecular weight excluding hydrogens is 662 g/mol. The van der Waals surface area contributed by atoms with Gasteiger partial charge in [0, 0.05) is 35.8 Å². The van der Waals surface area contributed by atoms with Crippen LogP contribution in [-0.4, -0.2) is 149 Å². The van der Waals surface area contributed by atoms with Crippen molar-refractivity contribution < 1.29 is 55.1 Å². The number of piperidine rings is 1. The average molecular weight is 702 g/mol. The smallest absolute Gasteiger partial charge is 0.271 e. The first kappa shape index (κ1) is 35.3. The van der Waals surface area contributed by atoms with E-state index in [2.05, 4.69) is 33.9 Å². The number of hydrogen-bond donors (Lipinski definition) is 9. The number of H-pyrrole nitrogens is 1. The minimum atomic E-state index is -1.54. The number of likely N-dealkylation sites (tertiary alicyclic amines) is 1. The van der Waals surface area contributed by atoms with E-state index in [4.69, 9.17) is 9.47 Å². The molecule has 0 bridgehead atoms. The van der Waals surface area contributed by atoms with Gasteiger partial charge in [-0.3, -0.25) is 9.89 Å². The molecule has 3 aliphatic heterocycles. The normalized spacial score (nSPS) is 32.3. The number of aromatic nitrogens is 2. The fourth-order valence-electron chi connectivity index (χ4n) is 7.58. The topological polar surface area (TPSA) is 229 Å². The summed E-state index contributed by atoms with van der Waals surface area (Å²) in [5, 5.41) is 87.5. The molecule has 0 radical (unpaired) electrons. The van der Waals surface area contributed by atoms with Crippen molar-refractivity contribution in [2.75, 3.05) is 26.3 Å². The molecule has 4 heterocycles. The summed E-state index contributed by atoms with van der Waals surface area (Å²) in [4.78, 5) is 15.0. The molecule has 4 aliphatic rings. The molecule has 14 nitrogen and oxygen atoms in total. The predicted molar refractivity (Wildman–Crippen MR) is 178 cm³/mol. The van der Waals surface area contributed by atoms with E-state index in [0.29, 0.717) is 42.8 Å². The average Bonchev–Trinajstić information content (AvgIpc) is 3.78. The highest BCUT2D eigenvalue weighted by molar-refractivity contribution is 5.92. The number of hydrogen-bond acceptors (Lipinski definition) is 12. The van der Waals surface area contributed by atoms with Crippen molar-refractivity contribution in [3.05, 3.63) is 76.6 Å². The monoisotopic (exact) mass is 701 g/mol. The van der Waals surface area contributed by atoms with Gasteiger partial charge in [0.05, 0.1) is 13.2 Å². The summed E-state index contributed by atoms with van der Waals surface area (Å²) in [5.41, 5.74) is 5.01. The zero-order valence-electron chi connectivity index (χ0n) is 27.3. The van der Waals surface area contributed by atoms with Crippen molar-refractivity contribution in [2.45, 2.75) is 79.3 Å². The summed E-state index contributed by atoms with van der Waals surface area (Å²) in [6.45, 7) is -0.231. The Hall–Kier alpha value is -4.16. The molecule has 9 N–H and O–H groups in total. The zero-order chi connectivity index (χ0) is 36.0. The number of benzene rings is 2. The molecule has 14 heteroatoms. The molecule has 1 aromatic heterocycles. The van der Waals surface area contributed by atoms with Gasteiger partial charge in [-0.2, -0.15) is 5.10 Å². The van der Waals surface area contributed by atoms with Crippen LogP contribution in [0.15, 0.2) is 48.7 Å². The Morgan fingerprint density at radius 1 is 0.745 bits per heavy atom. The number of rotatable bonds is 3. The van der Waals surface area contributed by atoms with Crippen LogP contribution in [0.5, 0.6) is 0 Å². The van der Waals surface area contributed by atoms with Gasteiger partial charge in [0.1, 0.15) is 66.7 Å². The molecule has 268 valence electrons. The molecule has 3 aromatic rings. The van der Waals surface area contributed by atoms with Gasteiger partial charge >= 0.3 is 0 Å². The van der Waals surface area contributed by atoms with Crippen molar-refractivity contribution in [3.63, 3.8) is 0 Å². The van der Waals surface area contributed by atoms with E-state index < -0.39 is 79.7 Å². The molecule has 7 rings (SSSR count). The minimum Gasteiger partial charge on any atom is -0.394 e. The van der Waals surface area contributed by atoms with E-state index in [9.17, 15) is 45.6 Å². The van der Waals surface area contributed by atoms with Crippen LogP contribution in [0.25, 0.3) is 11.1 Å². The molecule has 3 saturated heterocycles. The summed E-state index contributed by atoms with van der Waals surface area (Å²) in [6.07, 6.45) is -10.8. The first-order valence-electron chi connectivity index (χ1n) is 16.8. The van der Waals surface area contributed by atoms with Crippen LogP contribution in [0.4, 0.5) is 0 Å². The Kier molecular flexibility index (Phi) is 9.75. The van der Waals surface area contributed by atoms with Gasteiger partial charge in [-0.25, -0.2) is 0 Å². The van der Waals surface area contributed by atoms with Gasteiger partial charge < -0.3 is 55.2 Å². The van der Waals surface area contributed by atoms with Gasteiger partial charge in [0.25, 0.3) is 5.91 Å². The molecule has 2 aromatic carbocycles. The third-order valence-electron chi connectivity index (χ3n) is 10.5. The van der Waals surface area contributed by atoms with Crippen molar-refractivity contribution in [2.24, 2.45) is 0 Å². The van der Waals surface area contributed by atoms with Crippen LogP contribution >= 0.6 is 0 Å². The highest BCUT2D eigenvalue weighted by atomic mass is 16.5. The van der Waals surface area contributed by atoms with E-state index in [-0.39, 0.29) is 5.91 Å². The van der Waals surface area contributed by atoms with E-state index in [1.807, 2.05) is 36.4 Å². The molecule has 0 unspecified atom stereocenters. The highest BCUT2D eigenvalue weighted by Gasteiger charge is 2.47. The lowest BCUT2D eigenvalue weighted by Gasteiger charge is -2.41. The van der Waals surface area contributed by atoms with Gasteiger partial charge in [0.2, 0.25) is 0 Å². The Morgan fingerprint density at radius 2 is 1.24 bits per heavy atom. The molecule has 1 spiro atoms. The Morgan fingerprint density at radius 3 is 1.67 bits per heavy atom. The Labute approximate surface area is 292 Å². The number of aliphatic hydroxyl groups excluding tert-OH is 8. The second-order valence-electron chi connectivity index (χ2n) is 13.4. The van der Waals surface area contributed by atoms with Gasteiger partial charge in [-0.15, -0.1) is 0 Å². The molecule has 3 fully saturated rings.